The summed E-state index contributed by atoms with van der Waals surface area (Å²) in [5.41, 5.74) is 4.96. The van der Waals surface area contributed by atoms with Crippen molar-refractivity contribution in [2.45, 2.75) is 32.8 Å². The number of Topliss-reactive ketones (excluding diaryl/α,β-unsaturated/α-hetero) is 1. The smallest absolute Gasteiger partial charge is 0.159 e. The summed E-state index contributed by atoms with van der Waals surface area (Å²) < 4.78 is 5.24. The fourth-order valence-corrected chi connectivity index (χ4v) is 0.530. The van der Waals surface area contributed by atoms with Gasteiger partial charge in [0.2, 0.25) is 0 Å². The minimum atomic E-state index is -0.232. The second kappa shape index (κ2) is 4.46. The van der Waals surface area contributed by atoms with E-state index in [4.69, 9.17) is 10.5 Å². The molecule has 0 aliphatic rings. The van der Waals surface area contributed by atoms with Gasteiger partial charge in [-0.05, 0) is 27.3 Å². The molecule has 0 aromatic heterocycles. The Morgan fingerprint density at radius 2 is 2.00 bits per heavy atom. The Bertz CT molecular complexity index is 127. The Morgan fingerprint density at radius 3 is 2.36 bits per heavy atom. The summed E-state index contributed by atoms with van der Waals surface area (Å²) in [6.45, 7) is 6.35. The molecule has 3 nitrogen and oxygen atoms in total. The summed E-state index contributed by atoms with van der Waals surface area (Å²) in [5.74, 6) is 0.0717. The normalized spacial score (nSPS) is 11.6. The fraction of sp³-hybridized carbons (Fsp3) is 0.875. The first-order valence-electron chi connectivity index (χ1n) is 3.81. The van der Waals surface area contributed by atoms with Gasteiger partial charge in [-0.25, -0.2) is 0 Å². The third-order valence-electron chi connectivity index (χ3n) is 1.09. The Labute approximate surface area is 67.9 Å². The molecule has 0 saturated heterocycles. The number of rotatable bonds is 4. The summed E-state index contributed by atoms with van der Waals surface area (Å²) in [4.78, 5) is 10.9. The number of hydrogen-bond donors (Lipinski definition) is 1. The van der Waals surface area contributed by atoms with E-state index in [0.717, 1.165) is 0 Å². The Hall–Kier alpha value is -0.410. The number of ether oxygens (including phenoxy) is 1. The van der Waals surface area contributed by atoms with E-state index in [2.05, 4.69) is 0 Å². The van der Waals surface area contributed by atoms with Crippen molar-refractivity contribution in [2.24, 2.45) is 5.73 Å². The third kappa shape index (κ3) is 7.49. The first-order valence-corrected chi connectivity index (χ1v) is 3.81. The Balaban J connectivity index is 3.46. The molecule has 11 heavy (non-hydrogen) atoms. The first kappa shape index (κ1) is 10.6. The molecule has 0 unspecified atom stereocenters. The van der Waals surface area contributed by atoms with E-state index in [-0.39, 0.29) is 18.0 Å². The zero-order valence-electron chi connectivity index (χ0n) is 7.52. The summed E-state index contributed by atoms with van der Waals surface area (Å²) >= 11 is 0. The van der Waals surface area contributed by atoms with E-state index < -0.39 is 0 Å². The molecule has 0 saturated carbocycles. The van der Waals surface area contributed by atoms with Gasteiger partial charge in [-0.1, -0.05) is 0 Å². The van der Waals surface area contributed by atoms with E-state index in [1.807, 2.05) is 20.8 Å². The van der Waals surface area contributed by atoms with Gasteiger partial charge in [0.25, 0.3) is 0 Å². The van der Waals surface area contributed by atoms with Crippen molar-refractivity contribution in [3.05, 3.63) is 0 Å². The fourth-order valence-electron chi connectivity index (χ4n) is 0.530. The lowest BCUT2D eigenvalue weighted by atomic mass is 10.2. The largest absolute Gasteiger partial charge is 0.368 e. The van der Waals surface area contributed by atoms with Crippen molar-refractivity contribution in [1.82, 2.24) is 0 Å². The zero-order chi connectivity index (χ0) is 8.91. The van der Waals surface area contributed by atoms with Crippen LogP contribution in [0.3, 0.4) is 0 Å². The summed E-state index contributed by atoms with van der Waals surface area (Å²) in [5, 5.41) is 0. The molecule has 2 N–H and O–H groups in total. The van der Waals surface area contributed by atoms with Crippen LogP contribution in [0.2, 0.25) is 0 Å². The molecule has 0 radical (unpaired) electrons. The molecule has 0 heterocycles. The minimum Gasteiger partial charge on any atom is -0.368 e. The highest BCUT2D eigenvalue weighted by atomic mass is 16.5. The van der Waals surface area contributed by atoms with Crippen molar-refractivity contribution >= 4 is 5.78 Å². The molecule has 0 atom stereocenters. The molecule has 0 aromatic carbocycles. The van der Waals surface area contributed by atoms with E-state index in [9.17, 15) is 4.79 Å². The standard InChI is InChI=1S/C8H17NO2/c1-8(2,3)11-6-7(10)4-5-9/h4-6,9H2,1-3H3. The third-order valence-corrected chi connectivity index (χ3v) is 1.09. The summed E-state index contributed by atoms with van der Waals surface area (Å²) in [6.07, 6.45) is 0.413. The molecule has 0 fully saturated rings. The average molecular weight is 159 g/mol. The van der Waals surface area contributed by atoms with E-state index in [0.29, 0.717) is 13.0 Å². The number of hydrogen-bond acceptors (Lipinski definition) is 3. The maximum Gasteiger partial charge on any atom is 0.159 e. The number of nitrogens with two attached hydrogens (primary N) is 1. The number of carbonyl (C=O) groups is 1. The van der Waals surface area contributed by atoms with Crippen molar-refractivity contribution in [1.29, 1.82) is 0 Å². The van der Waals surface area contributed by atoms with Crippen LogP contribution >= 0.6 is 0 Å². The molecule has 3 heteroatoms. The van der Waals surface area contributed by atoms with Gasteiger partial charge in [-0.3, -0.25) is 4.79 Å². The molecule has 0 bridgehead atoms. The molecular formula is C8H17NO2. The monoisotopic (exact) mass is 159 g/mol. The van der Waals surface area contributed by atoms with E-state index in [1.165, 1.54) is 0 Å². The maximum atomic E-state index is 10.9. The van der Waals surface area contributed by atoms with Gasteiger partial charge in [0.1, 0.15) is 6.61 Å². The summed E-state index contributed by atoms with van der Waals surface area (Å²) in [6, 6.07) is 0. The quantitative estimate of drug-likeness (QED) is 0.657. The van der Waals surface area contributed by atoms with E-state index in [1.54, 1.807) is 0 Å². The maximum absolute atomic E-state index is 10.9. The molecular weight excluding hydrogens is 142 g/mol. The van der Waals surface area contributed by atoms with Gasteiger partial charge in [-0.2, -0.15) is 0 Å². The molecule has 0 aromatic rings. The van der Waals surface area contributed by atoms with Crippen molar-refractivity contribution in [2.75, 3.05) is 13.2 Å². The van der Waals surface area contributed by atoms with Crippen LogP contribution in [0, 0.1) is 0 Å². The van der Waals surface area contributed by atoms with Gasteiger partial charge >= 0.3 is 0 Å². The molecule has 66 valence electrons. The molecule has 0 amide bonds. The van der Waals surface area contributed by atoms with E-state index >= 15 is 0 Å². The Morgan fingerprint density at radius 1 is 1.45 bits per heavy atom. The predicted molar refractivity (Wildman–Crippen MR) is 44.4 cm³/mol. The predicted octanol–water partition coefficient (Wildman–Crippen LogP) is 0.719. The highest BCUT2D eigenvalue weighted by Crippen LogP contribution is 2.06. The van der Waals surface area contributed by atoms with Crippen molar-refractivity contribution < 1.29 is 9.53 Å². The van der Waals surface area contributed by atoms with Crippen molar-refractivity contribution in [3.8, 4) is 0 Å². The summed E-state index contributed by atoms with van der Waals surface area (Å²) in [7, 11) is 0. The van der Waals surface area contributed by atoms with Crippen LogP contribution in [-0.4, -0.2) is 24.5 Å². The van der Waals surface area contributed by atoms with Crippen LogP contribution in [-0.2, 0) is 9.53 Å². The van der Waals surface area contributed by atoms with Crippen LogP contribution in [0.4, 0.5) is 0 Å². The molecule has 0 spiro atoms. The van der Waals surface area contributed by atoms with Gasteiger partial charge in [-0.15, -0.1) is 0 Å². The first-order chi connectivity index (χ1) is 4.95. The topological polar surface area (TPSA) is 52.3 Å². The van der Waals surface area contributed by atoms with Crippen LogP contribution in [0.5, 0.6) is 0 Å². The van der Waals surface area contributed by atoms with Crippen molar-refractivity contribution in [3.63, 3.8) is 0 Å². The second-order valence-corrected chi connectivity index (χ2v) is 3.48. The zero-order valence-corrected chi connectivity index (χ0v) is 7.52. The van der Waals surface area contributed by atoms with Gasteiger partial charge < -0.3 is 10.5 Å². The van der Waals surface area contributed by atoms with Gasteiger partial charge in [0.05, 0.1) is 5.60 Å². The average Bonchev–Trinajstić information content (AvgIpc) is 1.83. The van der Waals surface area contributed by atoms with Gasteiger partial charge in [0.15, 0.2) is 5.78 Å². The lowest BCUT2D eigenvalue weighted by Gasteiger charge is -2.18. The number of ketones is 1. The lowest BCUT2D eigenvalue weighted by molar-refractivity contribution is -0.128. The van der Waals surface area contributed by atoms with Crippen LogP contribution < -0.4 is 5.73 Å². The molecule has 0 aliphatic carbocycles. The Kier molecular flexibility index (Phi) is 4.30. The highest BCUT2D eigenvalue weighted by molar-refractivity contribution is 5.79. The molecule has 0 aliphatic heterocycles. The number of carbonyl (C=O) groups excluding carboxylic acids is 1. The lowest BCUT2D eigenvalue weighted by Crippen LogP contribution is -2.24. The van der Waals surface area contributed by atoms with Gasteiger partial charge in [0, 0.05) is 6.42 Å². The molecule has 0 rings (SSSR count). The second-order valence-electron chi connectivity index (χ2n) is 3.48. The van der Waals surface area contributed by atoms with Crippen LogP contribution in [0.15, 0.2) is 0 Å². The van der Waals surface area contributed by atoms with Crippen LogP contribution in [0.1, 0.15) is 27.2 Å². The SMILES string of the molecule is CC(C)(C)OCC(=O)CCN. The minimum absolute atomic E-state index is 0.0717. The van der Waals surface area contributed by atoms with Crippen LogP contribution in [0.25, 0.3) is 0 Å². The highest BCUT2D eigenvalue weighted by Gasteiger charge is 2.11.